The van der Waals surface area contributed by atoms with Gasteiger partial charge in [-0.3, -0.25) is 4.79 Å². The molecule has 0 bridgehead atoms. The highest BCUT2D eigenvalue weighted by Gasteiger charge is 2.54. The molecule has 0 saturated carbocycles. The highest BCUT2D eigenvalue weighted by atomic mass is 16.5. The number of amides is 3. The molecule has 2 aromatic rings. The fraction of sp³-hybridized carbons (Fsp3) is 0.385. The Bertz CT molecular complexity index is 1070. The summed E-state index contributed by atoms with van der Waals surface area (Å²) in [5.74, 6) is 6.95. The van der Waals surface area contributed by atoms with Gasteiger partial charge >= 0.3 is 6.03 Å². The van der Waals surface area contributed by atoms with Gasteiger partial charge in [0.15, 0.2) is 0 Å². The van der Waals surface area contributed by atoms with E-state index in [-0.39, 0.29) is 49.1 Å². The molecule has 2 heterocycles. The smallest absolute Gasteiger partial charge is 0.318 e. The van der Waals surface area contributed by atoms with Crippen LogP contribution in [-0.4, -0.2) is 71.8 Å². The molecule has 0 aliphatic carbocycles. The number of rotatable bonds is 4. The summed E-state index contributed by atoms with van der Waals surface area (Å²) in [6.07, 6.45) is 0. The van der Waals surface area contributed by atoms with Crippen LogP contribution in [0.25, 0.3) is 0 Å². The van der Waals surface area contributed by atoms with Gasteiger partial charge in [-0.05, 0) is 55.8 Å². The number of hydrogen-bond donors (Lipinski definition) is 2. The lowest BCUT2D eigenvalue weighted by atomic mass is 9.73. The molecule has 2 aliphatic rings. The largest absolute Gasteiger partial charge is 0.497 e. The van der Waals surface area contributed by atoms with Crippen molar-refractivity contribution in [3.8, 4) is 17.6 Å². The molecule has 7 nitrogen and oxygen atoms in total. The molecule has 3 amide bonds. The van der Waals surface area contributed by atoms with Crippen LogP contribution in [0.1, 0.15) is 36.5 Å². The minimum atomic E-state index is -0.269. The Morgan fingerprint density at radius 1 is 1.12 bits per heavy atom. The van der Waals surface area contributed by atoms with E-state index in [9.17, 15) is 14.7 Å². The second-order valence-electron chi connectivity index (χ2n) is 8.73. The predicted molar refractivity (Wildman–Crippen MR) is 125 cm³/mol. The second-order valence-corrected chi connectivity index (χ2v) is 8.73. The van der Waals surface area contributed by atoms with Crippen LogP contribution in [0.5, 0.6) is 5.75 Å². The van der Waals surface area contributed by atoms with Crippen molar-refractivity contribution in [2.24, 2.45) is 0 Å². The van der Waals surface area contributed by atoms with Crippen molar-refractivity contribution in [1.29, 1.82) is 0 Å². The van der Waals surface area contributed by atoms with Gasteiger partial charge < -0.3 is 25.0 Å². The maximum Gasteiger partial charge on any atom is 0.318 e. The number of carbonyl (C=O) groups is 2. The van der Waals surface area contributed by atoms with Crippen LogP contribution in [-0.2, 0) is 4.79 Å². The van der Waals surface area contributed by atoms with Crippen molar-refractivity contribution >= 4 is 11.9 Å². The number of benzene rings is 2. The number of aliphatic hydroxyl groups excluding tert-OH is 1. The van der Waals surface area contributed by atoms with Crippen LogP contribution in [0, 0.1) is 11.8 Å². The van der Waals surface area contributed by atoms with Crippen molar-refractivity contribution in [2.45, 2.75) is 37.9 Å². The Morgan fingerprint density at radius 2 is 1.73 bits per heavy atom. The van der Waals surface area contributed by atoms with Crippen LogP contribution < -0.4 is 10.1 Å². The number of methoxy groups -OCH3 is 1. The van der Waals surface area contributed by atoms with E-state index in [1.54, 1.807) is 16.9 Å². The highest BCUT2D eigenvalue weighted by Crippen LogP contribution is 2.42. The zero-order valence-electron chi connectivity index (χ0n) is 19.1. The number of urea groups is 1. The Kier molecular flexibility index (Phi) is 6.57. The van der Waals surface area contributed by atoms with Gasteiger partial charge in [0.1, 0.15) is 12.3 Å². The average molecular weight is 448 g/mol. The lowest BCUT2D eigenvalue weighted by Gasteiger charge is -2.58. The van der Waals surface area contributed by atoms with Crippen molar-refractivity contribution in [2.75, 3.05) is 26.8 Å². The third-order valence-electron chi connectivity index (χ3n) is 6.19. The topological polar surface area (TPSA) is 82.1 Å². The number of nitrogens with zero attached hydrogens (tertiary/aromatic N) is 2. The first-order valence-electron chi connectivity index (χ1n) is 11.1. The fourth-order valence-electron chi connectivity index (χ4n) is 4.60. The monoisotopic (exact) mass is 447 g/mol. The van der Waals surface area contributed by atoms with E-state index >= 15 is 0 Å². The molecule has 2 N–H and O–H groups in total. The van der Waals surface area contributed by atoms with Crippen molar-refractivity contribution < 1.29 is 19.4 Å². The molecule has 2 fully saturated rings. The minimum Gasteiger partial charge on any atom is -0.497 e. The number of aliphatic hydroxyl groups is 1. The van der Waals surface area contributed by atoms with Crippen LogP contribution in [0.2, 0.25) is 0 Å². The standard InChI is InChI=1S/C26H29N3O4/c1-17(2)27-26(32)28-14-22-25(23(16-30)29(22)24(31)15-28)20-10-6-18(7-11-20)4-5-19-8-12-21(33-3)13-9-19/h6-13,17,22-23,25,30H,14-16H2,1-3H3,(H,27,32)/t22-,23+,25+/m0/s1. The first kappa shape index (κ1) is 22.7. The lowest BCUT2D eigenvalue weighted by Crippen LogP contribution is -2.74. The Balaban J connectivity index is 1.49. The number of piperazine rings is 1. The Labute approximate surface area is 194 Å². The first-order valence-corrected chi connectivity index (χ1v) is 11.1. The van der Waals surface area contributed by atoms with Crippen LogP contribution in [0.15, 0.2) is 48.5 Å². The van der Waals surface area contributed by atoms with E-state index in [4.69, 9.17) is 4.74 Å². The maximum absolute atomic E-state index is 12.7. The van der Waals surface area contributed by atoms with Gasteiger partial charge in [0.05, 0.1) is 25.8 Å². The van der Waals surface area contributed by atoms with Crippen LogP contribution in [0.4, 0.5) is 4.79 Å². The third kappa shape index (κ3) is 4.67. The predicted octanol–water partition coefficient (Wildman–Crippen LogP) is 2.18. The number of nitrogens with one attached hydrogen (secondary N) is 1. The van der Waals surface area contributed by atoms with Crippen molar-refractivity contribution in [1.82, 2.24) is 15.1 Å². The van der Waals surface area contributed by atoms with Crippen LogP contribution >= 0.6 is 0 Å². The van der Waals surface area contributed by atoms with Gasteiger partial charge in [-0.25, -0.2) is 4.79 Å². The molecule has 2 aromatic carbocycles. The molecular formula is C26H29N3O4. The van der Waals surface area contributed by atoms with E-state index in [0.717, 1.165) is 22.4 Å². The molecule has 0 spiro atoms. The third-order valence-corrected chi connectivity index (χ3v) is 6.19. The number of carbonyl (C=O) groups excluding carboxylic acids is 2. The van der Waals surface area contributed by atoms with E-state index < -0.39 is 0 Å². The molecule has 0 aromatic heterocycles. The Hall–Kier alpha value is -3.50. The molecular weight excluding hydrogens is 418 g/mol. The van der Waals surface area contributed by atoms with Gasteiger partial charge in [0, 0.05) is 29.6 Å². The number of ether oxygens (including phenoxy) is 1. The number of hydrogen-bond acceptors (Lipinski definition) is 4. The molecule has 33 heavy (non-hydrogen) atoms. The molecule has 2 aliphatic heterocycles. The molecule has 0 radical (unpaired) electrons. The molecule has 4 rings (SSSR count). The molecule has 2 saturated heterocycles. The molecule has 3 atom stereocenters. The zero-order chi connectivity index (χ0) is 23.5. The average Bonchev–Trinajstić information content (AvgIpc) is 2.79. The second kappa shape index (κ2) is 9.55. The quantitative estimate of drug-likeness (QED) is 0.704. The molecule has 0 unspecified atom stereocenters. The van der Waals surface area contributed by atoms with Gasteiger partial charge in [0.2, 0.25) is 5.91 Å². The van der Waals surface area contributed by atoms with Gasteiger partial charge in [0.25, 0.3) is 0 Å². The van der Waals surface area contributed by atoms with E-state index in [1.165, 1.54) is 0 Å². The summed E-state index contributed by atoms with van der Waals surface area (Å²) in [7, 11) is 1.63. The summed E-state index contributed by atoms with van der Waals surface area (Å²) < 4.78 is 5.17. The SMILES string of the molecule is COc1ccc(C#Cc2ccc([C@H]3[C@@H](CO)N4C(=O)CN(C(=O)NC(C)C)C[C@@H]34)cc2)cc1. The van der Waals surface area contributed by atoms with Gasteiger partial charge in [-0.2, -0.15) is 0 Å². The summed E-state index contributed by atoms with van der Waals surface area (Å²) in [4.78, 5) is 28.5. The molecule has 172 valence electrons. The first-order chi connectivity index (χ1) is 15.9. The van der Waals surface area contributed by atoms with E-state index in [2.05, 4.69) is 17.2 Å². The van der Waals surface area contributed by atoms with Crippen LogP contribution in [0.3, 0.4) is 0 Å². The zero-order valence-corrected chi connectivity index (χ0v) is 19.1. The van der Waals surface area contributed by atoms with Crippen molar-refractivity contribution in [3.63, 3.8) is 0 Å². The Morgan fingerprint density at radius 3 is 2.27 bits per heavy atom. The molecule has 7 heteroatoms. The summed E-state index contributed by atoms with van der Waals surface area (Å²) in [6, 6.07) is 14.8. The summed E-state index contributed by atoms with van der Waals surface area (Å²) >= 11 is 0. The normalized spacial score (nSPS) is 21.6. The number of fused-ring (bicyclic) bond motifs is 1. The maximum atomic E-state index is 12.7. The van der Waals surface area contributed by atoms with E-state index in [0.29, 0.717) is 6.54 Å². The lowest BCUT2D eigenvalue weighted by molar-refractivity contribution is -0.159. The summed E-state index contributed by atoms with van der Waals surface area (Å²) in [5, 5.41) is 12.8. The summed E-state index contributed by atoms with van der Waals surface area (Å²) in [6.45, 7) is 4.17. The van der Waals surface area contributed by atoms with Crippen molar-refractivity contribution in [3.05, 3.63) is 65.2 Å². The van der Waals surface area contributed by atoms with E-state index in [1.807, 2.05) is 62.4 Å². The summed E-state index contributed by atoms with van der Waals surface area (Å²) in [5.41, 5.74) is 2.81. The fourth-order valence-corrected chi connectivity index (χ4v) is 4.60. The van der Waals surface area contributed by atoms with Gasteiger partial charge in [-0.1, -0.05) is 24.0 Å². The minimum absolute atomic E-state index is 0.000391. The highest BCUT2D eigenvalue weighted by molar-refractivity contribution is 5.87. The van der Waals surface area contributed by atoms with Gasteiger partial charge in [-0.15, -0.1) is 0 Å².